The molecule has 1 aromatic carbocycles. The number of carbonyl (C=O) groups is 1. The summed E-state index contributed by atoms with van der Waals surface area (Å²) in [5.74, 6) is 0. The second-order valence-corrected chi connectivity index (χ2v) is 8.33. The molecule has 6 heteroatoms. The second-order valence-electron chi connectivity index (χ2n) is 7.17. The van der Waals surface area contributed by atoms with Gasteiger partial charge in [0.25, 0.3) is 0 Å². The highest BCUT2D eigenvalue weighted by atomic mass is 127. The Morgan fingerprint density at radius 1 is 1.38 bits per heavy atom. The van der Waals surface area contributed by atoms with Gasteiger partial charge >= 0.3 is 6.03 Å². The number of likely N-dealkylation sites (N-methyl/N-ethyl adjacent to an activating group) is 1. The molecule has 5 nitrogen and oxygen atoms in total. The van der Waals surface area contributed by atoms with E-state index in [1.54, 1.807) is 0 Å². The second kappa shape index (κ2) is 6.88. The molecule has 2 heterocycles. The summed E-state index contributed by atoms with van der Waals surface area (Å²) in [7, 11) is 2.17. The predicted molar refractivity (Wildman–Crippen MR) is 114 cm³/mol. The molecule has 2 aromatic rings. The molecule has 2 amide bonds. The Bertz CT molecular complexity index is 883. The van der Waals surface area contributed by atoms with E-state index in [4.69, 9.17) is 0 Å². The van der Waals surface area contributed by atoms with Crippen LogP contribution in [0.15, 0.2) is 24.4 Å². The molecule has 1 aliphatic heterocycles. The van der Waals surface area contributed by atoms with Crippen molar-refractivity contribution in [3.8, 4) is 0 Å². The molecule has 0 fully saturated rings. The van der Waals surface area contributed by atoms with E-state index in [1.165, 1.54) is 31.2 Å². The van der Waals surface area contributed by atoms with Crippen molar-refractivity contribution in [2.75, 3.05) is 26.7 Å². The number of rotatable bonds is 3. The summed E-state index contributed by atoms with van der Waals surface area (Å²) >= 11 is 2.44. The number of urea groups is 1. The van der Waals surface area contributed by atoms with E-state index < -0.39 is 0 Å². The largest absolute Gasteiger partial charge is 0.361 e. The lowest BCUT2D eigenvalue weighted by molar-refractivity contribution is 0.193. The summed E-state index contributed by atoms with van der Waals surface area (Å²) in [5, 5.41) is 4.56. The number of fused-ring (bicyclic) bond motifs is 2. The first-order chi connectivity index (χ1) is 12.5. The molecular weight excluding hydrogens is 439 g/mol. The van der Waals surface area contributed by atoms with Crippen molar-refractivity contribution >= 4 is 45.1 Å². The SMILES string of the molecule is CCN(CC)C(=O)N[C@H]1C=C2c3c(I)ccc4[nH]cc(c34)C[C@H]2N(C)C1. The fraction of sp³-hybridized carbons (Fsp3) is 0.450. The summed E-state index contributed by atoms with van der Waals surface area (Å²) in [5.41, 5.74) is 5.29. The van der Waals surface area contributed by atoms with Crippen LogP contribution in [0.5, 0.6) is 0 Å². The van der Waals surface area contributed by atoms with Crippen molar-refractivity contribution in [3.05, 3.63) is 39.1 Å². The van der Waals surface area contributed by atoms with E-state index in [1.807, 2.05) is 18.7 Å². The Kier molecular flexibility index (Phi) is 4.73. The van der Waals surface area contributed by atoms with Gasteiger partial charge in [0.05, 0.1) is 6.04 Å². The first-order valence-electron chi connectivity index (χ1n) is 9.29. The van der Waals surface area contributed by atoms with E-state index >= 15 is 0 Å². The summed E-state index contributed by atoms with van der Waals surface area (Å²) in [6.07, 6.45) is 5.47. The number of carbonyl (C=O) groups excluding carboxylic acids is 1. The van der Waals surface area contributed by atoms with Gasteiger partial charge in [0.15, 0.2) is 0 Å². The number of halogens is 1. The van der Waals surface area contributed by atoms with Gasteiger partial charge in [-0.25, -0.2) is 4.79 Å². The average molecular weight is 464 g/mol. The van der Waals surface area contributed by atoms with Crippen LogP contribution in [-0.4, -0.2) is 59.6 Å². The normalized spacial score (nSPS) is 22.1. The number of aromatic amines is 1. The number of benzene rings is 1. The molecular formula is C20H25IN4O. The number of amides is 2. The van der Waals surface area contributed by atoms with Crippen LogP contribution in [0.1, 0.15) is 25.0 Å². The Morgan fingerprint density at radius 2 is 2.15 bits per heavy atom. The van der Waals surface area contributed by atoms with Gasteiger partial charge < -0.3 is 15.2 Å². The minimum Gasteiger partial charge on any atom is -0.361 e. The molecule has 0 saturated heterocycles. The van der Waals surface area contributed by atoms with Crippen molar-refractivity contribution in [3.63, 3.8) is 0 Å². The van der Waals surface area contributed by atoms with Crippen LogP contribution >= 0.6 is 22.6 Å². The number of nitrogens with zero attached hydrogens (tertiary/aromatic N) is 2. The molecule has 1 aliphatic carbocycles. The summed E-state index contributed by atoms with van der Waals surface area (Å²) in [4.78, 5) is 20.2. The Balaban J connectivity index is 1.73. The van der Waals surface area contributed by atoms with Crippen LogP contribution in [0.3, 0.4) is 0 Å². The molecule has 2 aliphatic rings. The quantitative estimate of drug-likeness (QED) is 0.684. The van der Waals surface area contributed by atoms with Gasteiger partial charge in [-0.05, 0) is 73.2 Å². The van der Waals surface area contributed by atoms with Crippen LogP contribution in [0.2, 0.25) is 0 Å². The van der Waals surface area contributed by atoms with Crippen LogP contribution in [0.25, 0.3) is 16.5 Å². The summed E-state index contributed by atoms with van der Waals surface area (Å²) in [6, 6.07) is 4.77. The highest BCUT2D eigenvalue weighted by Crippen LogP contribution is 2.42. The Labute approximate surface area is 167 Å². The minimum absolute atomic E-state index is 0.0229. The van der Waals surface area contributed by atoms with E-state index in [-0.39, 0.29) is 12.1 Å². The lowest BCUT2D eigenvalue weighted by Gasteiger charge is -2.40. The van der Waals surface area contributed by atoms with E-state index in [9.17, 15) is 4.79 Å². The van der Waals surface area contributed by atoms with Crippen molar-refractivity contribution in [2.45, 2.75) is 32.4 Å². The summed E-state index contributed by atoms with van der Waals surface area (Å²) in [6.45, 7) is 6.33. The van der Waals surface area contributed by atoms with Crippen LogP contribution in [-0.2, 0) is 6.42 Å². The molecule has 2 N–H and O–H groups in total. The van der Waals surface area contributed by atoms with Crippen LogP contribution in [0, 0.1) is 3.57 Å². The number of aromatic nitrogens is 1. The third-order valence-electron chi connectivity index (χ3n) is 5.70. The monoisotopic (exact) mass is 464 g/mol. The molecule has 0 unspecified atom stereocenters. The maximum absolute atomic E-state index is 12.5. The highest BCUT2D eigenvalue weighted by molar-refractivity contribution is 14.1. The maximum Gasteiger partial charge on any atom is 0.317 e. The topological polar surface area (TPSA) is 51.4 Å². The molecule has 138 valence electrons. The number of H-pyrrole nitrogens is 1. The van der Waals surface area contributed by atoms with Crippen molar-refractivity contribution in [1.82, 2.24) is 20.1 Å². The summed E-state index contributed by atoms with van der Waals surface area (Å²) < 4.78 is 1.27. The fourth-order valence-electron chi connectivity index (χ4n) is 4.34. The van der Waals surface area contributed by atoms with Crippen molar-refractivity contribution < 1.29 is 4.79 Å². The molecule has 26 heavy (non-hydrogen) atoms. The van der Waals surface area contributed by atoms with Gasteiger partial charge in [-0.15, -0.1) is 0 Å². The van der Waals surface area contributed by atoms with Gasteiger partial charge in [-0.3, -0.25) is 4.90 Å². The highest BCUT2D eigenvalue weighted by Gasteiger charge is 2.35. The molecule has 2 atom stereocenters. The Hall–Kier alpha value is -1.54. The van der Waals surface area contributed by atoms with Gasteiger partial charge in [0.2, 0.25) is 0 Å². The minimum atomic E-state index is 0.0229. The van der Waals surface area contributed by atoms with Gasteiger partial charge in [-0.1, -0.05) is 6.08 Å². The first-order valence-corrected chi connectivity index (χ1v) is 10.4. The van der Waals surface area contributed by atoms with Crippen LogP contribution in [0.4, 0.5) is 4.79 Å². The number of hydrogen-bond donors (Lipinski definition) is 2. The smallest absolute Gasteiger partial charge is 0.317 e. The van der Waals surface area contributed by atoms with Gasteiger partial charge in [-0.2, -0.15) is 0 Å². The van der Waals surface area contributed by atoms with E-state index in [0.717, 1.165) is 26.1 Å². The standard InChI is InChI=1S/C20H25IN4O/c1-4-25(5-2)20(26)23-13-9-14-17(24(3)11-13)8-12-10-22-16-7-6-15(21)19(14)18(12)16/h6-7,9-10,13,17,22H,4-5,8,11H2,1-3H3,(H,23,26)/t13-,17+/m0/s1. The molecule has 4 rings (SSSR count). The first kappa shape index (κ1) is 17.9. The zero-order valence-corrected chi connectivity index (χ0v) is 17.6. The zero-order valence-electron chi connectivity index (χ0n) is 15.5. The predicted octanol–water partition coefficient (Wildman–Crippen LogP) is 3.45. The van der Waals surface area contributed by atoms with Crippen molar-refractivity contribution in [1.29, 1.82) is 0 Å². The van der Waals surface area contributed by atoms with Crippen molar-refractivity contribution in [2.24, 2.45) is 0 Å². The van der Waals surface area contributed by atoms with Crippen LogP contribution < -0.4 is 5.32 Å². The van der Waals surface area contributed by atoms with Gasteiger partial charge in [0, 0.05) is 51.9 Å². The Morgan fingerprint density at radius 3 is 2.88 bits per heavy atom. The number of nitrogens with one attached hydrogen (secondary N) is 2. The maximum atomic E-state index is 12.5. The van der Waals surface area contributed by atoms with E-state index in [0.29, 0.717) is 6.04 Å². The molecule has 0 spiro atoms. The number of hydrogen-bond acceptors (Lipinski definition) is 2. The third kappa shape index (κ3) is 2.83. The lowest BCUT2D eigenvalue weighted by atomic mass is 9.81. The zero-order chi connectivity index (χ0) is 18.4. The molecule has 0 bridgehead atoms. The molecule has 0 radical (unpaired) electrons. The fourth-order valence-corrected chi connectivity index (χ4v) is 5.10. The van der Waals surface area contributed by atoms with Gasteiger partial charge in [0.1, 0.15) is 0 Å². The average Bonchev–Trinajstić information content (AvgIpc) is 3.02. The molecule has 1 aromatic heterocycles. The third-order valence-corrected chi connectivity index (χ3v) is 6.59. The lowest BCUT2D eigenvalue weighted by Crippen LogP contribution is -2.52. The molecule has 0 saturated carbocycles. The van der Waals surface area contributed by atoms with E-state index in [2.05, 4.69) is 69.2 Å².